The van der Waals surface area contributed by atoms with Crippen molar-refractivity contribution >= 4 is 11.8 Å². The molecule has 2 amide bonds. The Kier molecular flexibility index (Phi) is 14.3. The minimum atomic E-state index is -0.783. The van der Waals surface area contributed by atoms with Crippen molar-refractivity contribution in [2.75, 3.05) is 20.1 Å². The summed E-state index contributed by atoms with van der Waals surface area (Å²) in [5.41, 5.74) is 7.84. The fraction of sp³-hybridized carbons (Fsp3) is 0.366. The number of aliphatic hydroxyl groups is 2. The van der Waals surface area contributed by atoms with E-state index in [4.69, 9.17) is 14.7 Å². The standard InChI is InChI=1S/C41H49N3O8/c1-44(26-37(47)33-11-7-13-35(46)22-33)25-36-23-38(30-18-16-28(27-45)17-19-30)52-41(51-36)34-12-6-10-32(21-34)31-9-5-8-29(20-31)24-42-39(48)14-3-2-4-15-40(49)43-50/h5-13,16-22,36-38,41,45-47,50H,2-4,14-15,23-27H2,1H3,(H,42,48)(H,43,49)/t36-,37+,38+,41+/m0/s1. The van der Waals surface area contributed by atoms with Crippen LogP contribution in [0.25, 0.3) is 11.1 Å². The van der Waals surface area contributed by atoms with E-state index in [-0.39, 0.29) is 36.9 Å². The minimum absolute atomic E-state index is 0.0398. The molecule has 4 aromatic carbocycles. The van der Waals surface area contributed by atoms with Crippen molar-refractivity contribution in [1.82, 2.24) is 15.7 Å². The summed E-state index contributed by atoms with van der Waals surface area (Å²) in [6, 6.07) is 30.5. The zero-order chi connectivity index (χ0) is 36.9. The van der Waals surface area contributed by atoms with Gasteiger partial charge in [-0.3, -0.25) is 14.8 Å². The second kappa shape index (κ2) is 19.3. The Hall–Kier alpha value is -4.62. The third-order valence-electron chi connectivity index (χ3n) is 9.21. The fourth-order valence-corrected chi connectivity index (χ4v) is 6.41. The number of rotatable bonds is 17. The molecule has 0 saturated carbocycles. The van der Waals surface area contributed by atoms with E-state index in [2.05, 4.69) is 17.4 Å². The Morgan fingerprint density at radius 1 is 0.827 bits per heavy atom. The summed E-state index contributed by atoms with van der Waals surface area (Å²) in [5, 5.41) is 41.9. The number of hydrogen-bond acceptors (Lipinski definition) is 9. The average molecular weight is 712 g/mol. The van der Waals surface area contributed by atoms with E-state index in [1.165, 1.54) is 0 Å². The van der Waals surface area contributed by atoms with Crippen LogP contribution in [0.15, 0.2) is 97.1 Å². The summed E-state index contributed by atoms with van der Waals surface area (Å²) in [5.74, 6) is -0.367. The quantitative estimate of drug-likeness (QED) is 0.0450. The Balaban J connectivity index is 1.25. The van der Waals surface area contributed by atoms with E-state index in [9.17, 15) is 24.9 Å². The monoisotopic (exact) mass is 711 g/mol. The molecule has 0 aromatic heterocycles. The van der Waals surface area contributed by atoms with Crippen molar-refractivity contribution in [1.29, 1.82) is 0 Å². The fourth-order valence-electron chi connectivity index (χ4n) is 6.41. The number of unbranched alkanes of at least 4 members (excludes halogenated alkanes) is 2. The molecule has 1 fully saturated rings. The van der Waals surface area contributed by atoms with E-state index in [0.29, 0.717) is 50.9 Å². The first-order valence-corrected chi connectivity index (χ1v) is 17.8. The molecule has 4 atom stereocenters. The number of aromatic hydroxyl groups is 1. The average Bonchev–Trinajstić information content (AvgIpc) is 3.16. The van der Waals surface area contributed by atoms with Gasteiger partial charge in [0.05, 0.1) is 24.9 Å². The molecule has 1 saturated heterocycles. The normalized spacial score (nSPS) is 17.8. The molecule has 0 spiro atoms. The molecule has 1 aliphatic rings. The van der Waals surface area contributed by atoms with Crippen LogP contribution in [0, 0.1) is 0 Å². The lowest BCUT2D eigenvalue weighted by Crippen LogP contribution is -2.39. The molecule has 0 aliphatic carbocycles. The number of hydrogen-bond donors (Lipinski definition) is 6. The van der Waals surface area contributed by atoms with E-state index >= 15 is 0 Å². The zero-order valence-corrected chi connectivity index (χ0v) is 29.5. The van der Waals surface area contributed by atoms with Gasteiger partial charge in [0, 0.05) is 44.5 Å². The predicted octanol–water partition coefficient (Wildman–Crippen LogP) is 5.83. The Labute approximate surface area is 304 Å². The van der Waals surface area contributed by atoms with Crippen LogP contribution in [0.4, 0.5) is 0 Å². The molecule has 5 rings (SSSR count). The van der Waals surface area contributed by atoms with Crippen molar-refractivity contribution in [3.8, 4) is 16.9 Å². The SMILES string of the molecule is CN(C[C@@H]1C[C@H](c2ccc(CO)cc2)O[C@H](c2cccc(-c3cccc(CNC(=O)CCCCCC(=O)NO)c3)c2)O1)C[C@@H](O)c1cccc(O)c1. The van der Waals surface area contributed by atoms with Crippen LogP contribution < -0.4 is 10.8 Å². The lowest BCUT2D eigenvalue weighted by atomic mass is 9.98. The number of benzene rings is 4. The van der Waals surface area contributed by atoms with Crippen molar-refractivity contribution in [3.63, 3.8) is 0 Å². The number of phenols is 1. The van der Waals surface area contributed by atoms with Crippen LogP contribution in [0.3, 0.4) is 0 Å². The van der Waals surface area contributed by atoms with Gasteiger partial charge in [-0.2, -0.15) is 0 Å². The minimum Gasteiger partial charge on any atom is -0.508 e. The molecule has 4 aromatic rings. The Morgan fingerprint density at radius 2 is 1.54 bits per heavy atom. The lowest BCUT2D eigenvalue weighted by molar-refractivity contribution is -0.252. The first-order chi connectivity index (χ1) is 25.2. The van der Waals surface area contributed by atoms with Gasteiger partial charge < -0.3 is 35.0 Å². The van der Waals surface area contributed by atoms with Crippen LogP contribution in [0.1, 0.15) is 84.8 Å². The van der Waals surface area contributed by atoms with Gasteiger partial charge in [-0.05, 0) is 77.5 Å². The molecular weight excluding hydrogens is 662 g/mol. The highest BCUT2D eigenvalue weighted by atomic mass is 16.7. The van der Waals surface area contributed by atoms with Crippen molar-refractivity contribution in [3.05, 3.63) is 125 Å². The van der Waals surface area contributed by atoms with E-state index < -0.39 is 18.3 Å². The maximum absolute atomic E-state index is 12.4. The summed E-state index contributed by atoms with van der Waals surface area (Å²) in [6.07, 6.45) is 1.25. The van der Waals surface area contributed by atoms with E-state index in [1.807, 2.05) is 72.6 Å². The molecule has 11 heteroatoms. The third-order valence-corrected chi connectivity index (χ3v) is 9.21. The number of ether oxygens (including phenoxy) is 2. The molecule has 0 radical (unpaired) electrons. The number of amides is 2. The van der Waals surface area contributed by atoms with Crippen LogP contribution in [-0.2, 0) is 32.2 Å². The lowest BCUT2D eigenvalue weighted by Gasteiger charge is -2.38. The number of carbonyl (C=O) groups is 2. The van der Waals surface area contributed by atoms with Crippen LogP contribution >= 0.6 is 0 Å². The highest BCUT2D eigenvalue weighted by Gasteiger charge is 2.33. The summed E-state index contributed by atoms with van der Waals surface area (Å²) >= 11 is 0. The van der Waals surface area contributed by atoms with Gasteiger partial charge in [0.15, 0.2) is 6.29 Å². The van der Waals surface area contributed by atoms with Crippen molar-refractivity contribution in [2.24, 2.45) is 0 Å². The smallest absolute Gasteiger partial charge is 0.243 e. The van der Waals surface area contributed by atoms with Crippen molar-refractivity contribution < 1.29 is 39.6 Å². The zero-order valence-electron chi connectivity index (χ0n) is 29.5. The van der Waals surface area contributed by atoms with E-state index in [0.717, 1.165) is 39.8 Å². The summed E-state index contributed by atoms with van der Waals surface area (Å²) < 4.78 is 13.2. The molecule has 52 heavy (non-hydrogen) atoms. The predicted molar refractivity (Wildman–Crippen MR) is 196 cm³/mol. The van der Waals surface area contributed by atoms with Gasteiger partial charge in [0.1, 0.15) is 5.75 Å². The van der Waals surface area contributed by atoms with Crippen LogP contribution in [-0.4, -0.2) is 63.5 Å². The molecular formula is C41H49N3O8. The highest BCUT2D eigenvalue weighted by Crippen LogP contribution is 2.39. The van der Waals surface area contributed by atoms with Gasteiger partial charge in [-0.15, -0.1) is 0 Å². The molecule has 0 unspecified atom stereocenters. The highest BCUT2D eigenvalue weighted by molar-refractivity contribution is 5.76. The molecule has 0 bridgehead atoms. The van der Waals surface area contributed by atoms with Crippen LogP contribution in [0.2, 0.25) is 0 Å². The van der Waals surface area contributed by atoms with Gasteiger partial charge in [0.25, 0.3) is 0 Å². The maximum Gasteiger partial charge on any atom is 0.243 e. The maximum atomic E-state index is 12.4. The summed E-state index contributed by atoms with van der Waals surface area (Å²) in [4.78, 5) is 25.6. The first kappa shape index (κ1) is 38.6. The van der Waals surface area contributed by atoms with Gasteiger partial charge in [-0.1, -0.05) is 79.2 Å². The largest absolute Gasteiger partial charge is 0.508 e. The van der Waals surface area contributed by atoms with Crippen LogP contribution in [0.5, 0.6) is 5.75 Å². The van der Waals surface area contributed by atoms with E-state index in [1.54, 1.807) is 29.7 Å². The molecule has 276 valence electrons. The topological polar surface area (TPSA) is 161 Å². The summed E-state index contributed by atoms with van der Waals surface area (Å²) in [7, 11) is 1.93. The summed E-state index contributed by atoms with van der Waals surface area (Å²) in [6.45, 7) is 1.24. The molecule has 6 N–H and O–H groups in total. The van der Waals surface area contributed by atoms with Gasteiger partial charge in [-0.25, -0.2) is 5.48 Å². The third kappa shape index (κ3) is 11.4. The number of carbonyl (C=O) groups excluding carboxylic acids is 2. The number of hydroxylamine groups is 1. The van der Waals surface area contributed by atoms with Gasteiger partial charge in [0.2, 0.25) is 11.8 Å². The first-order valence-electron chi connectivity index (χ1n) is 17.8. The Morgan fingerprint density at radius 3 is 2.27 bits per heavy atom. The number of likely N-dealkylation sites (N-methyl/N-ethyl adjacent to an activating group) is 1. The number of nitrogens with zero attached hydrogens (tertiary/aromatic N) is 1. The Bertz CT molecular complexity index is 1750. The second-order valence-corrected chi connectivity index (χ2v) is 13.4. The van der Waals surface area contributed by atoms with Gasteiger partial charge >= 0.3 is 0 Å². The number of aliphatic hydroxyl groups excluding tert-OH is 2. The number of nitrogens with one attached hydrogen (secondary N) is 2. The van der Waals surface area contributed by atoms with Crippen molar-refractivity contribution in [2.45, 2.75) is 76.3 Å². The molecule has 11 nitrogen and oxygen atoms in total. The second-order valence-electron chi connectivity index (χ2n) is 13.4. The molecule has 1 heterocycles. The molecule has 1 aliphatic heterocycles. The number of phenolic OH excluding ortho intramolecular Hbond substituents is 1.